The summed E-state index contributed by atoms with van der Waals surface area (Å²) in [5.74, 6) is 3.79. The minimum atomic E-state index is 0.441. The lowest BCUT2D eigenvalue weighted by molar-refractivity contribution is 0.143. The molecule has 0 aliphatic rings. The van der Waals surface area contributed by atoms with Gasteiger partial charge in [-0.1, -0.05) is 12.0 Å². The van der Waals surface area contributed by atoms with Crippen LogP contribution in [0.4, 0.5) is 0 Å². The van der Waals surface area contributed by atoms with Crippen LogP contribution >= 0.6 is 0 Å². The van der Waals surface area contributed by atoms with E-state index in [0.717, 1.165) is 12.1 Å². The molecule has 0 spiro atoms. The normalized spacial score (nSPS) is 10.8. The maximum Gasteiger partial charge on any atom is 0.213 e. The van der Waals surface area contributed by atoms with Gasteiger partial charge in [-0.05, 0) is 12.5 Å². The minimum Gasteiger partial charge on any atom is -0.475 e. The van der Waals surface area contributed by atoms with Crippen molar-refractivity contribution in [2.24, 2.45) is 4.99 Å². The molecule has 1 rings (SSSR count). The number of aromatic nitrogens is 1. The summed E-state index contributed by atoms with van der Waals surface area (Å²) in [6.07, 6.45) is 6.97. The molecule has 0 unspecified atom stereocenters. The zero-order valence-corrected chi connectivity index (χ0v) is 12.6. The molecule has 6 nitrogen and oxygen atoms in total. The monoisotopic (exact) mass is 290 g/mol. The molecule has 0 aliphatic heterocycles. The number of methoxy groups -OCH3 is 1. The minimum absolute atomic E-state index is 0.441. The van der Waals surface area contributed by atoms with Gasteiger partial charge in [-0.3, -0.25) is 0 Å². The molecule has 0 atom stereocenters. The van der Waals surface area contributed by atoms with E-state index >= 15 is 0 Å². The zero-order valence-electron chi connectivity index (χ0n) is 12.6. The number of terminal acetylenes is 1. The molecule has 2 N–H and O–H groups in total. The summed E-state index contributed by atoms with van der Waals surface area (Å²) < 4.78 is 10.3. The highest BCUT2D eigenvalue weighted by Gasteiger charge is 1.99. The topological polar surface area (TPSA) is 67.8 Å². The first kappa shape index (κ1) is 16.8. The number of nitrogens with zero attached hydrogens (tertiary/aromatic N) is 2. The number of aliphatic imine (C=N–C) groups is 1. The first-order valence-corrected chi connectivity index (χ1v) is 6.82. The molecule has 1 heterocycles. The van der Waals surface area contributed by atoms with Gasteiger partial charge in [0, 0.05) is 25.9 Å². The van der Waals surface area contributed by atoms with E-state index in [0.29, 0.717) is 38.1 Å². The second-order valence-corrected chi connectivity index (χ2v) is 4.10. The lowest BCUT2D eigenvalue weighted by Gasteiger charge is -2.09. The number of pyridine rings is 1. The lowest BCUT2D eigenvalue weighted by atomic mass is 10.3. The van der Waals surface area contributed by atoms with Crippen molar-refractivity contribution in [3.8, 4) is 18.2 Å². The van der Waals surface area contributed by atoms with Crippen molar-refractivity contribution in [1.29, 1.82) is 0 Å². The number of hydrogen-bond acceptors (Lipinski definition) is 4. The Morgan fingerprint density at radius 3 is 2.86 bits per heavy atom. The highest BCUT2D eigenvalue weighted by Crippen LogP contribution is 2.08. The maximum absolute atomic E-state index is 5.40. The van der Waals surface area contributed by atoms with Crippen molar-refractivity contribution in [2.45, 2.75) is 13.5 Å². The van der Waals surface area contributed by atoms with E-state index in [1.807, 2.05) is 19.1 Å². The second kappa shape index (κ2) is 10.5. The van der Waals surface area contributed by atoms with Gasteiger partial charge in [-0.15, -0.1) is 6.42 Å². The van der Waals surface area contributed by atoms with E-state index in [9.17, 15) is 0 Å². The van der Waals surface area contributed by atoms with Gasteiger partial charge in [0.1, 0.15) is 6.61 Å². The molecule has 0 saturated carbocycles. The molecule has 0 aromatic carbocycles. The Hall–Kier alpha value is -2.26. The molecule has 0 fully saturated rings. The van der Waals surface area contributed by atoms with Crippen molar-refractivity contribution in [1.82, 2.24) is 15.6 Å². The standard InChI is InChI=1S/C15H22N4O2/c1-4-8-17-15(16-5-2)19-12-13-6-7-14(18-11-13)21-10-9-20-3/h1,6-7,11H,5,8-10,12H2,2-3H3,(H2,16,17,19). The summed E-state index contributed by atoms with van der Waals surface area (Å²) >= 11 is 0. The fourth-order valence-corrected chi connectivity index (χ4v) is 1.47. The summed E-state index contributed by atoms with van der Waals surface area (Å²) in [6.45, 7) is 4.77. The van der Waals surface area contributed by atoms with E-state index in [1.54, 1.807) is 13.3 Å². The van der Waals surface area contributed by atoms with E-state index in [4.69, 9.17) is 15.9 Å². The number of nitrogens with one attached hydrogen (secondary N) is 2. The Kier molecular flexibility index (Phi) is 8.41. The summed E-state index contributed by atoms with van der Waals surface area (Å²) in [4.78, 5) is 8.64. The largest absolute Gasteiger partial charge is 0.475 e. The fraction of sp³-hybridized carbons (Fsp3) is 0.467. The lowest BCUT2D eigenvalue weighted by Crippen LogP contribution is -2.37. The Morgan fingerprint density at radius 2 is 2.24 bits per heavy atom. The van der Waals surface area contributed by atoms with Crippen molar-refractivity contribution in [3.63, 3.8) is 0 Å². The molecule has 0 aliphatic carbocycles. The van der Waals surface area contributed by atoms with Gasteiger partial charge in [-0.25, -0.2) is 9.98 Å². The van der Waals surface area contributed by atoms with Crippen molar-refractivity contribution in [3.05, 3.63) is 23.9 Å². The summed E-state index contributed by atoms with van der Waals surface area (Å²) in [7, 11) is 1.63. The molecule has 0 bridgehead atoms. The van der Waals surface area contributed by atoms with Gasteiger partial charge in [0.15, 0.2) is 5.96 Å². The molecule has 1 aromatic heterocycles. The van der Waals surface area contributed by atoms with Gasteiger partial charge in [0.05, 0.1) is 19.7 Å². The number of hydrogen-bond donors (Lipinski definition) is 2. The third kappa shape index (κ3) is 7.18. The maximum atomic E-state index is 5.40. The average Bonchev–Trinajstić information content (AvgIpc) is 2.51. The van der Waals surface area contributed by atoms with Crippen LogP contribution in [0.3, 0.4) is 0 Å². The average molecular weight is 290 g/mol. The van der Waals surface area contributed by atoms with Crippen LogP contribution in [0.2, 0.25) is 0 Å². The van der Waals surface area contributed by atoms with Crippen molar-refractivity contribution >= 4 is 5.96 Å². The third-order valence-corrected chi connectivity index (χ3v) is 2.46. The Bertz CT molecular complexity index is 466. The van der Waals surface area contributed by atoms with E-state index < -0.39 is 0 Å². The second-order valence-electron chi connectivity index (χ2n) is 4.10. The van der Waals surface area contributed by atoms with Crippen LogP contribution in [0.1, 0.15) is 12.5 Å². The number of rotatable bonds is 8. The Balaban J connectivity index is 2.51. The van der Waals surface area contributed by atoms with Crippen LogP contribution in [0.5, 0.6) is 5.88 Å². The molecule has 1 aromatic rings. The first-order valence-electron chi connectivity index (χ1n) is 6.82. The summed E-state index contributed by atoms with van der Waals surface area (Å²) in [5, 5.41) is 6.15. The number of guanidine groups is 1. The molecule has 114 valence electrons. The Labute approximate surface area is 126 Å². The van der Waals surface area contributed by atoms with Gasteiger partial charge in [0.25, 0.3) is 0 Å². The first-order chi connectivity index (χ1) is 10.3. The van der Waals surface area contributed by atoms with Gasteiger partial charge in [0.2, 0.25) is 5.88 Å². The van der Waals surface area contributed by atoms with E-state index in [2.05, 4.69) is 26.5 Å². The molecule has 0 saturated heterocycles. The quantitative estimate of drug-likeness (QED) is 0.321. The molecule has 21 heavy (non-hydrogen) atoms. The van der Waals surface area contributed by atoms with Crippen LogP contribution in [-0.2, 0) is 11.3 Å². The van der Waals surface area contributed by atoms with Crippen LogP contribution in [0.15, 0.2) is 23.3 Å². The van der Waals surface area contributed by atoms with Crippen LogP contribution in [0.25, 0.3) is 0 Å². The summed E-state index contributed by atoms with van der Waals surface area (Å²) in [5.41, 5.74) is 0.993. The predicted molar refractivity (Wildman–Crippen MR) is 83.3 cm³/mol. The fourth-order valence-electron chi connectivity index (χ4n) is 1.47. The molecular weight excluding hydrogens is 268 g/mol. The van der Waals surface area contributed by atoms with E-state index in [1.165, 1.54) is 0 Å². The zero-order chi connectivity index (χ0) is 15.3. The smallest absolute Gasteiger partial charge is 0.213 e. The molecule has 0 amide bonds. The highest BCUT2D eigenvalue weighted by atomic mass is 16.5. The SMILES string of the molecule is C#CCNC(=NCc1ccc(OCCOC)nc1)NCC. The highest BCUT2D eigenvalue weighted by molar-refractivity contribution is 5.79. The third-order valence-electron chi connectivity index (χ3n) is 2.46. The number of ether oxygens (including phenoxy) is 2. The summed E-state index contributed by atoms with van der Waals surface area (Å²) in [6, 6.07) is 3.76. The molecule has 6 heteroatoms. The molecule has 0 radical (unpaired) electrons. The molecular formula is C15H22N4O2. The van der Waals surface area contributed by atoms with Crippen molar-refractivity contribution in [2.75, 3.05) is 33.4 Å². The van der Waals surface area contributed by atoms with Crippen LogP contribution in [0, 0.1) is 12.3 Å². The van der Waals surface area contributed by atoms with Crippen LogP contribution < -0.4 is 15.4 Å². The van der Waals surface area contributed by atoms with E-state index in [-0.39, 0.29) is 0 Å². The predicted octanol–water partition coefficient (Wildman–Crippen LogP) is 0.795. The van der Waals surface area contributed by atoms with Gasteiger partial charge < -0.3 is 20.1 Å². The van der Waals surface area contributed by atoms with Crippen molar-refractivity contribution < 1.29 is 9.47 Å². The Morgan fingerprint density at radius 1 is 1.38 bits per heavy atom. The van der Waals surface area contributed by atoms with Gasteiger partial charge >= 0.3 is 0 Å². The van der Waals surface area contributed by atoms with Gasteiger partial charge in [-0.2, -0.15) is 0 Å². The van der Waals surface area contributed by atoms with Crippen LogP contribution in [-0.4, -0.2) is 44.4 Å².